The molecule has 0 aliphatic carbocycles. The lowest BCUT2D eigenvalue weighted by Gasteiger charge is -2.11. The molecule has 0 bridgehead atoms. The SMILES string of the molecule is CC(C)CC(N)C(=O)O.CCC(C)C(N)C(=O)O.CSCCC(N)C(=O)O.NC(Cc1c[nH]c2ccccc12)C(=O)O.NC(Cc1ccccc1)C(=O)O.O=C(O)C1CCCN1. The molecule has 1 aromatic heterocycles. The molecule has 0 radical (unpaired) electrons. The fraction of sp³-hybridized carbons (Fsp3) is 0.524. The van der Waals surface area contributed by atoms with Gasteiger partial charge in [-0.2, -0.15) is 11.8 Å². The number of carboxylic acid groups (broad SMARTS) is 6. The molecule has 7 atom stereocenters. The van der Waals surface area contributed by atoms with Crippen molar-refractivity contribution in [2.24, 2.45) is 40.5 Å². The van der Waals surface area contributed by atoms with E-state index in [0.29, 0.717) is 31.6 Å². The van der Waals surface area contributed by atoms with Crippen LogP contribution in [0.3, 0.4) is 0 Å². The molecule has 0 saturated carbocycles. The molecular weight excluding hydrogens is 827 g/mol. The van der Waals surface area contributed by atoms with Crippen LogP contribution in [0.5, 0.6) is 0 Å². The van der Waals surface area contributed by atoms with Gasteiger partial charge in [0.15, 0.2) is 0 Å². The van der Waals surface area contributed by atoms with E-state index < -0.39 is 66.0 Å². The van der Waals surface area contributed by atoms with Gasteiger partial charge in [0.2, 0.25) is 0 Å². The molecule has 0 spiro atoms. The average Bonchev–Trinajstić information content (AvgIpc) is 3.92. The van der Waals surface area contributed by atoms with Crippen LogP contribution in [0.2, 0.25) is 0 Å². The van der Waals surface area contributed by atoms with Gasteiger partial charge in [0.05, 0.1) is 0 Å². The fourth-order valence-electron chi connectivity index (χ4n) is 4.95. The summed E-state index contributed by atoms with van der Waals surface area (Å²) >= 11 is 1.60. The highest BCUT2D eigenvalue weighted by Gasteiger charge is 2.20. The molecule has 4 rings (SSSR count). The van der Waals surface area contributed by atoms with E-state index in [0.717, 1.165) is 53.6 Å². The predicted octanol–water partition coefficient (Wildman–Crippen LogP) is 2.63. The number of aromatic amines is 1. The van der Waals surface area contributed by atoms with E-state index in [1.807, 2.05) is 94.7 Å². The molecule has 1 aliphatic heterocycles. The molecule has 20 heteroatoms. The number of carbonyl (C=O) groups is 6. The first-order valence-electron chi connectivity index (χ1n) is 20.0. The Hall–Kier alpha value is -5.09. The molecule has 3 aromatic rings. The third kappa shape index (κ3) is 27.7. The molecular formula is C42H69N7O12S. The molecule has 0 amide bonds. The van der Waals surface area contributed by atoms with Crippen LogP contribution in [-0.2, 0) is 41.6 Å². The number of rotatable bonds is 17. The summed E-state index contributed by atoms with van der Waals surface area (Å²) in [6.45, 7) is 8.51. The topological polar surface area (TPSA) is 382 Å². The number of aliphatic carboxylic acids is 6. The van der Waals surface area contributed by atoms with Gasteiger partial charge < -0.3 is 69.6 Å². The average molecular weight is 896 g/mol. The summed E-state index contributed by atoms with van der Waals surface area (Å²) in [6, 6.07) is 13.1. The van der Waals surface area contributed by atoms with Crippen LogP contribution in [0.15, 0.2) is 60.8 Å². The van der Waals surface area contributed by atoms with E-state index >= 15 is 0 Å². The Bertz CT molecular complexity index is 1740. The van der Waals surface area contributed by atoms with Crippen molar-refractivity contribution >= 4 is 58.5 Å². The predicted molar refractivity (Wildman–Crippen MR) is 241 cm³/mol. The van der Waals surface area contributed by atoms with Crippen molar-refractivity contribution in [1.82, 2.24) is 10.3 Å². The van der Waals surface area contributed by atoms with Gasteiger partial charge in [0.1, 0.15) is 36.3 Å². The number of thioether (sulfide) groups is 1. The number of nitrogens with one attached hydrogen (secondary N) is 2. The Kier molecular flexibility index (Phi) is 31.9. The van der Waals surface area contributed by atoms with Crippen LogP contribution < -0.4 is 34.0 Å². The van der Waals surface area contributed by atoms with E-state index in [-0.39, 0.29) is 12.0 Å². The second kappa shape index (κ2) is 33.5. The van der Waals surface area contributed by atoms with Crippen LogP contribution in [-0.4, -0.2) is 126 Å². The first kappa shape index (κ1) is 59.0. The van der Waals surface area contributed by atoms with Crippen LogP contribution >= 0.6 is 11.8 Å². The normalized spacial score (nSPS) is 15.5. The number of para-hydroxylation sites is 1. The zero-order chi connectivity index (χ0) is 47.9. The molecule has 62 heavy (non-hydrogen) atoms. The molecule has 2 heterocycles. The summed E-state index contributed by atoms with van der Waals surface area (Å²) in [4.78, 5) is 64.6. The first-order valence-corrected chi connectivity index (χ1v) is 21.4. The summed E-state index contributed by atoms with van der Waals surface area (Å²) in [7, 11) is 0. The van der Waals surface area contributed by atoms with Gasteiger partial charge in [-0.25, -0.2) is 0 Å². The highest BCUT2D eigenvalue weighted by atomic mass is 32.2. The molecule has 7 unspecified atom stereocenters. The van der Waals surface area contributed by atoms with E-state index in [9.17, 15) is 28.8 Å². The monoisotopic (exact) mass is 895 g/mol. The molecule has 19 nitrogen and oxygen atoms in total. The number of fused-ring (bicyclic) bond motifs is 1. The summed E-state index contributed by atoms with van der Waals surface area (Å²) in [5, 5.41) is 54.4. The second-order valence-electron chi connectivity index (χ2n) is 14.7. The molecule has 1 aliphatic rings. The van der Waals surface area contributed by atoms with E-state index in [1.54, 1.807) is 11.8 Å². The summed E-state index contributed by atoms with van der Waals surface area (Å²) in [5.74, 6) is -4.15. The lowest BCUT2D eigenvalue weighted by atomic mass is 10.0. The van der Waals surface area contributed by atoms with Crippen molar-refractivity contribution in [2.75, 3.05) is 18.6 Å². The van der Waals surface area contributed by atoms with Crippen LogP contribution in [0.1, 0.15) is 70.9 Å². The first-order chi connectivity index (χ1) is 29.0. The Morgan fingerprint density at radius 3 is 1.61 bits per heavy atom. The second-order valence-corrected chi connectivity index (χ2v) is 15.7. The number of H-pyrrole nitrogens is 1. The van der Waals surface area contributed by atoms with Crippen molar-refractivity contribution < 1.29 is 59.4 Å². The number of aromatic nitrogens is 1. The van der Waals surface area contributed by atoms with Crippen LogP contribution in [0, 0.1) is 11.8 Å². The van der Waals surface area contributed by atoms with Gasteiger partial charge in [-0.05, 0) is 79.7 Å². The quantitative estimate of drug-likeness (QED) is 0.0926. The molecule has 350 valence electrons. The van der Waals surface area contributed by atoms with Gasteiger partial charge in [0, 0.05) is 23.5 Å². The Balaban J connectivity index is 0. The maximum absolute atomic E-state index is 10.6. The highest BCUT2D eigenvalue weighted by molar-refractivity contribution is 7.98. The van der Waals surface area contributed by atoms with Gasteiger partial charge in [-0.3, -0.25) is 28.8 Å². The number of carboxylic acids is 6. The van der Waals surface area contributed by atoms with Gasteiger partial charge >= 0.3 is 35.8 Å². The molecule has 2 aromatic carbocycles. The lowest BCUT2D eigenvalue weighted by molar-refractivity contribution is -0.140. The summed E-state index contributed by atoms with van der Waals surface area (Å²) in [5.41, 5.74) is 29.4. The van der Waals surface area contributed by atoms with Crippen molar-refractivity contribution in [3.63, 3.8) is 0 Å². The summed E-state index contributed by atoms with van der Waals surface area (Å²) < 4.78 is 0. The molecule has 18 N–H and O–H groups in total. The van der Waals surface area contributed by atoms with E-state index in [1.165, 1.54) is 0 Å². The minimum atomic E-state index is -0.972. The number of hydrogen-bond acceptors (Lipinski definition) is 13. The largest absolute Gasteiger partial charge is 0.480 e. The van der Waals surface area contributed by atoms with Crippen LogP contribution in [0.25, 0.3) is 10.9 Å². The van der Waals surface area contributed by atoms with Crippen molar-refractivity contribution in [1.29, 1.82) is 0 Å². The summed E-state index contributed by atoms with van der Waals surface area (Å²) in [6.07, 6.45) is 8.17. The maximum Gasteiger partial charge on any atom is 0.320 e. The lowest BCUT2D eigenvalue weighted by Crippen LogP contribution is -2.36. The van der Waals surface area contributed by atoms with Gasteiger partial charge in [-0.1, -0.05) is 82.6 Å². The number of nitrogens with two attached hydrogens (primary N) is 5. The molecule has 1 fully saturated rings. The Morgan fingerprint density at radius 1 is 0.710 bits per heavy atom. The number of benzene rings is 2. The highest BCUT2D eigenvalue weighted by Crippen LogP contribution is 2.18. The third-order valence-corrected chi connectivity index (χ3v) is 9.58. The Morgan fingerprint density at radius 2 is 1.23 bits per heavy atom. The third-order valence-electron chi connectivity index (χ3n) is 8.94. The van der Waals surface area contributed by atoms with Gasteiger partial charge in [0.25, 0.3) is 0 Å². The fourth-order valence-corrected chi connectivity index (χ4v) is 5.44. The number of hydrogen-bond donors (Lipinski definition) is 13. The van der Waals surface area contributed by atoms with Crippen molar-refractivity contribution in [2.45, 2.75) is 109 Å². The molecule has 1 saturated heterocycles. The Labute approximate surface area is 367 Å². The smallest absolute Gasteiger partial charge is 0.320 e. The van der Waals surface area contributed by atoms with Gasteiger partial charge in [-0.15, -0.1) is 0 Å². The minimum Gasteiger partial charge on any atom is -0.480 e. The zero-order valence-corrected chi connectivity index (χ0v) is 37.0. The maximum atomic E-state index is 10.6. The van der Waals surface area contributed by atoms with Crippen molar-refractivity contribution in [3.05, 3.63) is 71.9 Å². The zero-order valence-electron chi connectivity index (χ0n) is 36.2. The van der Waals surface area contributed by atoms with E-state index in [2.05, 4.69) is 10.3 Å². The van der Waals surface area contributed by atoms with Crippen molar-refractivity contribution in [3.8, 4) is 0 Å². The van der Waals surface area contributed by atoms with E-state index in [4.69, 9.17) is 59.3 Å². The minimum absolute atomic E-state index is 0.0718. The van der Waals surface area contributed by atoms with Crippen LogP contribution in [0.4, 0.5) is 0 Å². The standard InChI is InChI=1S/C11H12N2O2.C9H11NO2.2C6H13NO2.C5H11NO2S.C5H9NO2/c12-9(11(14)15)5-7-6-13-10-4-2-1-3-8(7)10;10-8(9(11)12)6-7-4-2-1-3-5-7;1-4(2)3-5(7)6(8)9;1-3-4(2)5(7)6(8)9;1-9-3-2-4(6)5(7)8;7-5(8)4-2-1-3-6-4/h1-4,6,9,13H,5,12H2,(H,14,15);1-5,8H,6,10H2,(H,11,12);2*4-5H,3,7H2,1-2H3,(H,8,9);4H,2-3,6H2,1H3,(H,7,8);4,6H,1-3H2,(H,7,8).